The Kier molecular flexibility index (Phi) is 3.75. The molecule has 0 radical (unpaired) electrons. The lowest BCUT2D eigenvalue weighted by Gasteiger charge is -2.19. The molecule has 0 atom stereocenters. The summed E-state index contributed by atoms with van der Waals surface area (Å²) in [5, 5.41) is 7.26. The molecule has 1 aliphatic carbocycles. The lowest BCUT2D eigenvalue weighted by Crippen LogP contribution is -2.28. The predicted molar refractivity (Wildman–Crippen MR) is 77.8 cm³/mol. The van der Waals surface area contributed by atoms with Gasteiger partial charge in [0.15, 0.2) is 0 Å². The van der Waals surface area contributed by atoms with Crippen molar-refractivity contribution in [3.05, 3.63) is 59.7 Å². The number of alkyl halides is 3. The van der Waals surface area contributed by atoms with Crippen molar-refractivity contribution in [1.29, 1.82) is 0 Å². The molecule has 0 amide bonds. The number of halogens is 4. The molecule has 1 aromatic carbocycles. The van der Waals surface area contributed by atoms with Crippen LogP contribution in [-0.2, 0) is 18.3 Å². The van der Waals surface area contributed by atoms with Crippen molar-refractivity contribution in [2.75, 3.05) is 0 Å². The normalized spacial score (nSPS) is 16.3. The van der Waals surface area contributed by atoms with Gasteiger partial charge in [-0.2, -0.15) is 18.3 Å². The maximum Gasteiger partial charge on any atom is 0.416 e. The van der Waals surface area contributed by atoms with Gasteiger partial charge >= 0.3 is 6.18 Å². The third kappa shape index (κ3) is 3.29. The van der Waals surface area contributed by atoms with Gasteiger partial charge in [0.25, 0.3) is 0 Å². The van der Waals surface area contributed by atoms with Crippen LogP contribution in [0.2, 0.25) is 0 Å². The van der Waals surface area contributed by atoms with Gasteiger partial charge in [0, 0.05) is 30.0 Å². The average molecular weight is 325 g/mol. The molecular formula is C16H15F4N3. The lowest BCUT2D eigenvalue weighted by atomic mass is 10.0. The number of aromatic nitrogens is 2. The van der Waals surface area contributed by atoms with Crippen molar-refractivity contribution in [2.24, 2.45) is 0 Å². The van der Waals surface area contributed by atoms with E-state index in [1.54, 1.807) is 23.3 Å². The van der Waals surface area contributed by atoms with Crippen molar-refractivity contribution in [3.8, 4) is 0 Å². The summed E-state index contributed by atoms with van der Waals surface area (Å²) in [5.74, 6) is -0.873. The maximum absolute atomic E-state index is 13.6. The van der Waals surface area contributed by atoms with E-state index in [0.717, 1.165) is 11.6 Å². The zero-order valence-electron chi connectivity index (χ0n) is 12.2. The number of benzene rings is 1. The molecular weight excluding hydrogens is 310 g/mol. The van der Waals surface area contributed by atoms with E-state index < -0.39 is 23.1 Å². The van der Waals surface area contributed by atoms with E-state index in [2.05, 4.69) is 17.0 Å². The summed E-state index contributed by atoms with van der Waals surface area (Å²) in [4.78, 5) is 0. The van der Waals surface area contributed by atoms with Gasteiger partial charge in [-0.25, -0.2) is 9.07 Å². The molecule has 23 heavy (non-hydrogen) atoms. The van der Waals surface area contributed by atoms with Crippen LogP contribution in [0.3, 0.4) is 0 Å². The highest BCUT2D eigenvalue weighted by molar-refractivity contribution is 5.36. The van der Waals surface area contributed by atoms with Crippen LogP contribution in [0.1, 0.15) is 29.5 Å². The standard InChI is InChI=1S/C16H15F4N3/c1-2-23-10-11(9-22-23)8-21-15(3-4-15)12-5-13(16(18,19)20)7-14(17)6-12/h2,5-7,9-10,21H,1,3-4,8H2. The lowest BCUT2D eigenvalue weighted by molar-refractivity contribution is -0.137. The van der Waals surface area contributed by atoms with Crippen LogP contribution in [-0.4, -0.2) is 9.78 Å². The van der Waals surface area contributed by atoms with Gasteiger partial charge in [0.2, 0.25) is 0 Å². The van der Waals surface area contributed by atoms with Crippen molar-refractivity contribution in [1.82, 2.24) is 15.1 Å². The number of rotatable bonds is 5. The zero-order valence-corrected chi connectivity index (χ0v) is 12.2. The minimum absolute atomic E-state index is 0.334. The molecule has 1 aromatic heterocycles. The summed E-state index contributed by atoms with van der Waals surface area (Å²) < 4.78 is 53.6. The molecule has 1 saturated carbocycles. The Balaban J connectivity index is 1.80. The van der Waals surface area contributed by atoms with Crippen molar-refractivity contribution in [3.63, 3.8) is 0 Å². The second kappa shape index (κ2) is 5.49. The number of hydrogen-bond donors (Lipinski definition) is 1. The fraction of sp³-hybridized carbons (Fsp3) is 0.312. The van der Waals surface area contributed by atoms with Crippen LogP contribution >= 0.6 is 0 Å². The quantitative estimate of drug-likeness (QED) is 0.845. The van der Waals surface area contributed by atoms with Crippen LogP contribution in [0.15, 0.2) is 37.2 Å². The molecule has 3 nitrogen and oxygen atoms in total. The van der Waals surface area contributed by atoms with Gasteiger partial charge in [-0.3, -0.25) is 0 Å². The third-order valence-corrected chi connectivity index (χ3v) is 4.00. The fourth-order valence-corrected chi connectivity index (χ4v) is 2.56. The van der Waals surface area contributed by atoms with E-state index in [1.165, 1.54) is 6.07 Å². The van der Waals surface area contributed by atoms with Gasteiger partial charge in [-0.05, 0) is 36.6 Å². The smallest absolute Gasteiger partial charge is 0.303 e. The second-order valence-electron chi connectivity index (χ2n) is 5.67. The Morgan fingerprint density at radius 2 is 2.04 bits per heavy atom. The number of nitrogens with zero attached hydrogens (tertiary/aromatic N) is 2. The SMILES string of the molecule is C=Cn1cc(CNC2(c3cc(F)cc(C(F)(F)F)c3)CC2)cn1. The first kappa shape index (κ1) is 15.7. The van der Waals surface area contributed by atoms with E-state index >= 15 is 0 Å². The molecule has 3 rings (SSSR count). The minimum Gasteiger partial charge on any atom is -0.303 e. The summed E-state index contributed by atoms with van der Waals surface area (Å²) >= 11 is 0. The molecule has 0 saturated heterocycles. The molecule has 1 fully saturated rings. The van der Waals surface area contributed by atoms with Crippen LogP contribution in [0.25, 0.3) is 6.20 Å². The molecule has 7 heteroatoms. The van der Waals surface area contributed by atoms with Gasteiger partial charge in [-0.1, -0.05) is 6.58 Å². The first-order valence-electron chi connectivity index (χ1n) is 7.11. The summed E-state index contributed by atoms with van der Waals surface area (Å²) in [5.41, 5.74) is -0.345. The summed E-state index contributed by atoms with van der Waals surface area (Å²) in [6.45, 7) is 4.02. The van der Waals surface area contributed by atoms with E-state index in [1.807, 2.05) is 0 Å². The predicted octanol–water partition coefficient (Wildman–Crippen LogP) is 3.92. The van der Waals surface area contributed by atoms with Gasteiger partial charge < -0.3 is 5.32 Å². The van der Waals surface area contributed by atoms with Crippen LogP contribution in [0.4, 0.5) is 17.6 Å². The van der Waals surface area contributed by atoms with E-state index in [0.29, 0.717) is 31.0 Å². The van der Waals surface area contributed by atoms with Gasteiger partial charge in [-0.15, -0.1) is 0 Å². The highest BCUT2D eigenvalue weighted by Gasteiger charge is 2.45. The van der Waals surface area contributed by atoms with Crippen LogP contribution < -0.4 is 5.32 Å². The molecule has 1 aliphatic rings. The largest absolute Gasteiger partial charge is 0.416 e. The van der Waals surface area contributed by atoms with E-state index in [9.17, 15) is 17.6 Å². The third-order valence-electron chi connectivity index (χ3n) is 4.00. The topological polar surface area (TPSA) is 29.9 Å². The highest BCUT2D eigenvalue weighted by atomic mass is 19.4. The van der Waals surface area contributed by atoms with Crippen molar-refractivity contribution >= 4 is 6.20 Å². The second-order valence-corrected chi connectivity index (χ2v) is 5.67. The van der Waals surface area contributed by atoms with Gasteiger partial charge in [0.1, 0.15) is 5.82 Å². The maximum atomic E-state index is 13.6. The summed E-state index contributed by atoms with van der Waals surface area (Å²) in [6.07, 6.45) is 1.74. The highest BCUT2D eigenvalue weighted by Crippen LogP contribution is 2.47. The molecule has 2 aromatic rings. The fourth-order valence-electron chi connectivity index (χ4n) is 2.56. The van der Waals surface area contributed by atoms with Crippen molar-refractivity contribution < 1.29 is 17.6 Å². The molecule has 0 aliphatic heterocycles. The molecule has 0 unspecified atom stereocenters. The Bertz CT molecular complexity index is 729. The van der Waals surface area contributed by atoms with Crippen molar-refractivity contribution in [2.45, 2.75) is 31.1 Å². The molecule has 122 valence electrons. The Hall–Kier alpha value is -2.15. The summed E-state index contributed by atoms with van der Waals surface area (Å²) in [6, 6.07) is 2.71. The molecule has 0 spiro atoms. The Morgan fingerprint density at radius 3 is 2.61 bits per heavy atom. The molecule has 1 heterocycles. The number of hydrogen-bond acceptors (Lipinski definition) is 2. The molecule has 1 N–H and O–H groups in total. The minimum atomic E-state index is -4.56. The number of nitrogens with one attached hydrogen (secondary N) is 1. The zero-order chi connectivity index (χ0) is 16.7. The van der Waals surface area contributed by atoms with Gasteiger partial charge in [0.05, 0.1) is 11.8 Å². The molecule has 0 bridgehead atoms. The first-order chi connectivity index (χ1) is 10.8. The first-order valence-corrected chi connectivity index (χ1v) is 7.11. The Morgan fingerprint density at radius 1 is 1.30 bits per heavy atom. The average Bonchev–Trinajstić information content (AvgIpc) is 3.14. The van der Waals surface area contributed by atoms with Crippen LogP contribution in [0, 0.1) is 5.82 Å². The summed E-state index contributed by atoms with van der Waals surface area (Å²) in [7, 11) is 0. The Labute approximate surface area is 130 Å². The van der Waals surface area contributed by atoms with Crippen LogP contribution in [0.5, 0.6) is 0 Å². The van der Waals surface area contributed by atoms with E-state index in [4.69, 9.17) is 0 Å². The monoisotopic (exact) mass is 325 g/mol. The van der Waals surface area contributed by atoms with E-state index in [-0.39, 0.29) is 0 Å².